The van der Waals surface area contributed by atoms with Crippen molar-refractivity contribution in [1.29, 1.82) is 0 Å². The normalized spacial score (nSPS) is 21.7. The third kappa shape index (κ3) is 12.6. The van der Waals surface area contributed by atoms with Crippen LogP contribution in [0.4, 0.5) is 91.0 Å². The monoisotopic (exact) mass is 1690 g/mol. The number of anilines is 16. The van der Waals surface area contributed by atoms with Crippen LogP contribution in [0.1, 0.15) is 189 Å². The molecule has 642 valence electrons. The number of fused-ring (bicyclic) bond motifs is 17. The van der Waals surface area contributed by atoms with Crippen molar-refractivity contribution in [2.45, 2.75) is 184 Å². The number of nitrogens with zero attached hydrogens (tertiary/aromatic N) is 6. The Morgan fingerprint density at radius 2 is 0.538 bits per heavy atom. The van der Waals surface area contributed by atoms with Gasteiger partial charge in [0, 0.05) is 115 Å². The Morgan fingerprint density at radius 1 is 0.238 bits per heavy atom. The summed E-state index contributed by atoms with van der Waals surface area (Å²) >= 11 is 0. The SMILES string of the molecule is c1ccc(N(c2ccccc2)c2cc3c4c(c2)N(C2C(C5CCCCC5)CCCC2C2CCCCC2)c2cc5c(cc2B4c2ccccc2N3c2ccccc2)C2(c3cc4c(cc3O5)N(C3C(C5CCCCC5)CCCC3C3CCCCC3)c3cc(N(c5ccccc5)c5ccccc5)cc5c3B4c3ccccc3N5c3ccccc3)c3ccccc3-c3ccccc32)cc1. The van der Waals surface area contributed by atoms with E-state index in [9.17, 15) is 0 Å². The average molecular weight is 1690 g/mol. The van der Waals surface area contributed by atoms with Gasteiger partial charge in [-0.1, -0.05) is 348 Å². The van der Waals surface area contributed by atoms with Crippen LogP contribution in [0.25, 0.3) is 11.1 Å². The number of para-hydroxylation sites is 8. The van der Waals surface area contributed by atoms with Gasteiger partial charge in [-0.2, -0.15) is 0 Å². The van der Waals surface area contributed by atoms with Crippen molar-refractivity contribution in [3.05, 3.63) is 350 Å². The highest BCUT2D eigenvalue weighted by molar-refractivity contribution is 7.01. The zero-order chi connectivity index (χ0) is 85.5. The third-order valence-corrected chi connectivity index (χ3v) is 34.3. The predicted molar refractivity (Wildman–Crippen MR) is 545 cm³/mol. The molecule has 26 rings (SSSR count). The van der Waals surface area contributed by atoms with Gasteiger partial charge in [-0.25, -0.2) is 0 Å². The molecule has 130 heavy (non-hydrogen) atoms. The first-order chi connectivity index (χ1) is 64.6. The third-order valence-electron chi connectivity index (χ3n) is 34.3. The minimum absolute atomic E-state index is 0.156. The molecular weight excluding hydrogens is 1570 g/mol. The van der Waals surface area contributed by atoms with Crippen molar-refractivity contribution in [3.63, 3.8) is 0 Å². The molecule has 0 radical (unpaired) electrons. The van der Waals surface area contributed by atoms with Crippen LogP contribution in [-0.4, -0.2) is 25.5 Å². The molecule has 0 N–H and O–H groups in total. The quantitative estimate of drug-likeness (QED) is 0.100. The van der Waals surface area contributed by atoms with Crippen LogP contribution in [0, 0.1) is 47.3 Å². The number of hydrogen-bond acceptors (Lipinski definition) is 7. The van der Waals surface area contributed by atoms with E-state index in [-0.39, 0.29) is 25.5 Å². The zero-order valence-electron chi connectivity index (χ0n) is 75.1. The summed E-state index contributed by atoms with van der Waals surface area (Å²) < 4.78 is 8.82. The van der Waals surface area contributed by atoms with Gasteiger partial charge in [-0.3, -0.25) is 0 Å². The Morgan fingerprint density at radius 3 is 0.885 bits per heavy atom. The molecule has 14 aromatic rings. The second-order valence-corrected chi connectivity index (χ2v) is 40.7. The van der Waals surface area contributed by atoms with Crippen molar-refractivity contribution in [3.8, 4) is 22.6 Å². The van der Waals surface area contributed by atoms with Gasteiger partial charge in [0.2, 0.25) is 0 Å². The fraction of sp³-hybridized carbons (Fsp3) is 0.306. The van der Waals surface area contributed by atoms with Gasteiger partial charge in [-0.05, 0) is 237 Å². The molecule has 0 bridgehead atoms. The van der Waals surface area contributed by atoms with Crippen molar-refractivity contribution in [2.75, 3.05) is 29.4 Å². The first kappa shape index (κ1) is 78.8. The number of rotatable bonds is 14. The summed E-state index contributed by atoms with van der Waals surface area (Å²) in [5, 5.41) is 0. The molecule has 4 atom stereocenters. The van der Waals surface area contributed by atoms with Gasteiger partial charge in [-0.15, -0.1) is 0 Å². The molecule has 4 unspecified atom stereocenters. The Bertz CT molecular complexity index is 6050. The number of ether oxygens (including phenoxy) is 1. The van der Waals surface area contributed by atoms with Crippen molar-refractivity contribution in [2.24, 2.45) is 47.3 Å². The lowest BCUT2D eigenvalue weighted by atomic mass is 9.32. The molecule has 6 fully saturated rings. The van der Waals surface area contributed by atoms with Gasteiger partial charge in [0.15, 0.2) is 0 Å². The van der Waals surface area contributed by atoms with Crippen LogP contribution in [-0.2, 0) is 5.41 Å². The molecule has 0 amide bonds. The van der Waals surface area contributed by atoms with E-state index in [2.05, 4.69) is 357 Å². The fourth-order valence-corrected chi connectivity index (χ4v) is 29.2. The topological polar surface area (TPSA) is 28.7 Å². The summed E-state index contributed by atoms with van der Waals surface area (Å²) in [7, 11) is 0. The first-order valence-corrected chi connectivity index (χ1v) is 50.4. The van der Waals surface area contributed by atoms with Crippen LogP contribution in [0.2, 0.25) is 0 Å². The smallest absolute Gasteiger partial charge is 0.252 e. The maximum Gasteiger partial charge on any atom is 0.252 e. The lowest BCUT2D eigenvalue weighted by molar-refractivity contribution is 0.0839. The van der Waals surface area contributed by atoms with E-state index in [1.165, 1.54) is 301 Å². The molecule has 12 aliphatic rings. The van der Waals surface area contributed by atoms with Crippen LogP contribution in [0.3, 0.4) is 0 Å². The maximum absolute atomic E-state index is 8.82. The molecule has 0 aromatic heterocycles. The van der Waals surface area contributed by atoms with Gasteiger partial charge < -0.3 is 34.1 Å². The summed E-state index contributed by atoms with van der Waals surface area (Å²) in [6, 6.07) is 129. The molecule has 7 nitrogen and oxygen atoms in total. The van der Waals surface area contributed by atoms with E-state index in [1.54, 1.807) is 0 Å². The van der Waals surface area contributed by atoms with E-state index in [4.69, 9.17) is 4.74 Å². The van der Waals surface area contributed by atoms with Crippen molar-refractivity contribution >= 4 is 137 Å². The minimum Gasteiger partial charge on any atom is -0.457 e. The predicted octanol–water partition coefficient (Wildman–Crippen LogP) is 28.5. The van der Waals surface area contributed by atoms with E-state index in [0.717, 1.165) is 34.2 Å². The molecule has 6 saturated carbocycles. The molecule has 9 heteroatoms. The summed E-state index contributed by atoms with van der Waals surface area (Å²) in [6.45, 7) is -0.312. The van der Waals surface area contributed by atoms with Gasteiger partial charge in [0.1, 0.15) is 11.5 Å². The van der Waals surface area contributed by atoms with Crippen LogP contribution < -0.4 is 66.9 Å². The summed E-state index contributed by atoms with van der Waals surface area (Å²) in [5.74, 6) is 6.50. The fourth-order valence-electron chi connectivity index (χ4n) is 29.2. The van der Waals surface area contributed by atoms with Crippen molar-refractivity contribution in [1.82, 2.24) is 0 Å². The highest BCUT2D eigenvalue weighted by Crippen LogP contribution is 2.66. The minimum atomic E-state index is -0.845. The molecule has 1 spiro atoms. The summed E-state index contributed by atoms with van der Waals surface area (Å²) in [5.41, 5.74) is 34.9. The van der Waals surface area contributed by atoms with Crippen molar-refractivity contribution < 1.29 is 4.74 Å². The number of hydrogen-bond donors (Lipinski definition) is 0. The lowest BCUT2D eigenvalue weighted by Gasteiger charge is -2.55. The van der Waals surface area contributed by atoms with Crippen LogP contribution in [0.15, 0.2) is 328 Å². The lowest BCUT2D eigenvalue weighted by Crippen LogP contribution is -2.65. The van der Waals surface area contributed by atoms with E-state index in [1.807, 2.05) is 0 Å². The van der Waals surface area contributed by atoms with E-state index < -0.39 is 5.41 Å². The van der Waals surface area contributed by atoms with Crippen LogP contribution >= 0.6 is 0 Å². The highest BCUT2D eigenvalue weighted by atomic mass is 16.5. The molecule has 7 aliphatic carbocycles. The van der Waals surface area contributed by atoms with Gasteiger partial charge in [0.25, 0.3) is 13.4 Å². The molecule has 5 aliphatic heterocycles. The molecule has 14 aromatic carbocycles. The standard InChI is InChI=1S/C121H116B2N6O/c1-11-41-81(42-12-1)93-63-39-64-94(82-43-13-2-14-44-82)119(93)128-109-79-115-101(77-105(109)122-103-69-35-37-71-107(103)126(89-57-27-9-28-58-89)111-73-91(75-113(128)117(111)122)124(85-49-19-5-20-50-85)86-51-21-6-22-52-86)121(99-67-33-31-61-97(99)98-62-32-34-68-100(98)121)102-78-106-110(80-116(102)130-115)129(120-95(83-45-15-3-16-46-83)65-40-66-96(120)84-47-17-4-18-48-84)114-76-92(125(87-53-23-7-24-54-87)88-55-25-8-26-56-88)74-112-118(114)123(106)104-70-36-38-72-108(104)127(112)90-59-29-10-30-60-90/h5-10,19-38,49-62,67-84,93-96,119-120H,1-4,11-18,39-48,63-66H2. The van der Waals surface area contributed by atoms with Gasteiger partial charge >= 0.3 is 0 Å². The van der Waals surface area contributed by atoms with E-state index in [0.29, 0.717) is 47.3 Å². The molecule has 0 saturated heterocycles. The summed E-state index contributed by atoms with van der Waals surface area (Å²) in [4.78, 5) is 16.8. The molecule has 5 heterocycles. The highest BCUT2D eigenvalue weighted by Gasteiger charge is 2.59. The molecular formula is C121H116B2N6O. The Hall–Kier alpha value is -12.2. The largest absolute Gasteiger partial charge is 0.457 e. The average Bonchev–Trinajstić information content (AvgIpc) is 1.37. The second kappa shape index (κ2) is 32.7. The van der Waals surface area contributed by atoms with Gasteiger partial charge in [0.05, 0.1) is 16.8 Å². The summed E-state index contributed by atoms with van der Waals surface area (Å²) in [6.07, 6.45) is 34.0. The Kier molecular flexibility index (Phi) is 19.8. The van der Waals surface area contributed by atoms with Crippen LogP contribution in [0.5, 0.6) is 11.5 Å². The Balaban J connectivity index is 0.786. The number of benzene rings is 14. The zero-order valence-corrected chi connectivity index (χ0v) is 75.1. The first-order valence-electron chi connectivity index (χ1n) is 50.4. The Labute approximate surface area is 770 Å². The van der Waals surface area contributed by atoms with E-state index >= 15 is 0 Å². The maximum atomic E-state index is 8.82. The second-order valence-electron chi connectivity index (χ2n) is 40.7.